The van der Waals surface area contributed by atoms with Crippen molar-refractivity contribution in [3.8, 4) is 0 Å². The monoisotopic (exact) mass is 472 g/mol. The second-order valence-electron chi connectivity index (χ2n) is 7.07. The number of benzene rings is 3. The smallest absolute Gasteiger partial charge is 1.00 e. The number of hydrogen-bond donors (Lipinski definition) is 0. The molecule has 0 unspecified atom stereocenters. The van der Waals surface area contributed by atoms with Crippen molar-refractivity contribution in [3.63, 3.8) is 0 Å². The predicted molar refractivity (Wildman–Crippen MR) is 118 cm³/mol. The van der Waals surface area contributed by atoms with Crippen LogP contribution in [0.1, 0.15) is 17.5 Å². The fourth-order valence-electron chi connectivity index (χ4n) is 3.32. The van der Waals surface area contributed by atoms with Crippen LogP contribution >= 0.6 is 0 Å². The minimum Gasteiger partial charge on any atom is -1.00 e. The third-order valence-electron chi connectivity index (χ3n) is 4.60. The van der Waals surface area contributed by atoms with Crippen molar-refractivity contribution in [3.05, 3.63) is 108 Å². The standard InChI is InChI=1S/C19H20N.C6H6N.2ClH.Ti/c1-14-18-7-5-4-6-16(18)10-11-19(14)17-9-8-15(12-17)13-20(2)3;7-6-4-2-1-3-5-6;;;/h4-8,10-12H,1,9,13H2,2-3H3;1-5,7H;2*1H;/q2*-1;;;+2/p-2. The van der Waals surface area contributed by atoms with Crippen molar-refractivity contribution in [2.24, 2.45) is 0 Å². The number of halogens is 2. The Balaban J connectivity index is 0.000000726. The van der Waals surface area contributed by atoms with Gasteiger partial charge in [0.1, 0.15) is 0 Å². The van der Waals surface area contributed by atoms with Crippen LogP contribution in [0.25, 0.3) is 22.1 Å². The van der Waals surface area contributed by atoms with Gasteiger partial charge in [0.25, 0.3) is 0 Å². The van der Waals surface area contributed by atoms with Gasteiger partial charge in [-0.2, -0.15) is 12.5 Å². The van der Waals surface area contributed by atoms with Gasteiger partial charge in [0.2, 0.25) is 0 Å². The van der Waals surface area contributed by atoms with E-state index in [0.717, 1.165) is 18.5 Å². The van der Waals surface area contributed by atoms with Gasteiger partial charge in [-0.3, -0.25) is 0 Å². The molecule has 1 aliphatic carbocycles. The molecule has 0 amide bonds. The van der Waals surface area contributed by atoms with Crippen LogP contribution in [0.2, 0.25) is 0 Å². The van der Waals surface area contributed by atoms with E-state index < -0.39 is 0 Å². The molecule has 0 saturated carbocycles. The number of likely N-dealkylation sites (N-methyl/N-ethyl adjacent to an activating group) is 1. The molecule has 2 nitrogen and oxygen atoms in total. The van der Waals surface area contributed by atoms with E-state index in [1.807, 2.05) is 18.2 Å². The molecule has 0 fully saturated rings. The van der Waals surface area contributed by atoms with Gasteiger partial charge in [-0.25, -0.2) is 0 Å². The summed E-state index contributed by atoms with van der Waals surface area (Å²) in [5.41, 5.74) is 12.8. The van der Waals surface area contributed by atoms with Crippen LogP contribution in [-0.4, -0.2) is 25.5 Å². The Hall–Kier alpha value is -1.68. The molecule has 0 aliphatic heterocycles. The molecule has 1 aliphatic rings. The molecule has 0 saturated heterocycles. The molecule has 4 rings (SSSR count). The van der Waals surface area contributed by atoms with Crippen molar-refractivity contribution in [2.75, 3.05) is 20.6 Å². The van der Waals surface area contributed by atoms with Crippen LogP contribution in [-0.2, 0) is 21.7 Å². The summed E-state index contributed by atoms with van der Waals surface area (Å²) < 4.78 is 0. The van der Waals surface area contributed by atoms with Crippen molar-refractivity contribution in [2.45, 2.75) is 6.42 Å². The fraction of sp³-hybridized carbons (Fsp3) is 0.160. The quantitative estimate of drug-likeness (QED) is 0.406. The van der Waals surface area contributed by atoms with E-state index in [0.29, 0.717) is 5.69 Å². The van der Waals surface area contributed by atoms with Crippen molar-refractivity contribution in [1.82, 2.24) is 4.90 Å². The maximum atomic E-state index is 7.00. The van der Waals surface area contributed by atoms with Crippen molar-refractivity contribution in [1.29, 1.82) is 0 Å². The Bertz CT molecular complexity index is 983. The number of hydrogen-bond acceptors (Lipinski definition) is 1. The molecule has 156 valence electrons. The largest absolute Gasteiger partial charge is 2.00 e. The van der Waals surface area contributed by atoms with E-state index in [1.54, 1.807) is 12.1 Å². The summed E-state index contributed by atoms with van der Waals surface area (Å²) in [5.74, 6) is 0. The van der Waals surface area contributed by atoms with E-state index in [4.69, 9.17) is 5.73 Å². The van der Waals surface area contributed by atoms with Crippen LogP contribution in [0, 0.1) is 6.92 Å². The van der Waals surface area contributed by atoms with E-state index in [2.05, 4.69) is 74.5 Å². The summed E-state index contributed by atoms with van der Waals surface area (Å²) >= 11 is 0. The van der Waals surface area contributed by atoms with Gasteiger partial charge in [0.05, 0.1) is 0 Å². The summed E-state index contributed by atoms with van der Waals surface area (Å²) in [6.07, 6.45) is 5.66. The van der Waals surface area contributed by atoms with Gasteiger partial charge >= 0.3 is 21.7 Å². The van der Waals surface area contributed by atoms with E-state index >= 15 is 0 Å². The number of allylic oxidation sites excluding steroid dienone is 2. The van der Waals surface area contributed by atoms with Gasteiger partial charge in [0, 0.05) is 6.54 Å². The fourth-order valence-corrected chi connectivity index (χ4v) is 3.32. The van der Waals surface area contributed by atoms with Crippen LogP contribution in [0.4, 0.5) is 5.69 Å². The molecule has 3 aromatic rings. The Kier molecular flexibility index (Phi) is 12.8. The average Bonchev–Trinajstić information content (AvgIpc) is 3.11. The number of fused-ring (bicyclic) bond motifs is 1. The first kappa shape index (κ1) is 28.3. The SMILES string of the molecule is [CH2-]c1c(C2=CC(CN(C)C)=CC2)ccc2ccccc12.[Cl-].[Cl-].[NH-]c1ccccc1.[Ti+2]. The summed E-state index contributed by atoms with van der Waals surface area (Å²) in [5, 5.41) is 2.52. The third kappa shape index (κ3) is 7.54. The summed E-state index contributed by atoms with van der Waals surface area (Å²) in [4.78, 5) is 2.21. The maximum Gasteiger partial charge on any atom is 2.00 e. The van der Waals surface area contributed by atoms with Crippen LogP contribution in [0.3, 0.4) is 0 Å². The molecule has 0 atom stereocenters. The Morgan fingerprint density at radius 3 is 2.13 bits per heavy atom. The predicted octanol–water partition coefficient (Wildman–Crippen LogP) is 0.673. The maximum absolute atomic E-state index is 7.00. The molecule has 1 N–H and O–H groups in total. The molecular weight excluding hydrogens is 447 g/mol. The molecule has 0 aromatic heterocycles. The zero-order valence-electron chi connectivity index (χ0n) is 17.3. The number of rotatable bonds is 3. The second-order valence-corrected chi connectivity index (χ2v) is 7.07. The topological polar surface area (TPSA) is 27.0 Å². The molecular formula is C25H26Cl2N2Ti-2. The normalized spacial score (nSPS) is 11.8. The Morgan fingerprint density at radius 1 is 0.900 bits per heavy atom. The zero-order chi connectivity index (χ0) is 19.2. The average molecular weight is 473 g/mol. The van der Waals surface area contributed by atoms with E-state index in [-0.39, 0.29) is 46.5 Å². The molecule has 30 heavy (non-hydrogen) atoms. The third-order valence-corrected chi connectivity index (χ3v) is 4.60. The molecule has 3 aromatic carbocycles. The van der Waals surface area contributed by atoms with E-state index in [9.17, 15) is 0 Å². The van der Waals surface area contributed by atoms with Crippen LogP contribution in [0.15, 0.2) is 84.5 Å². The first-order valence-corrected chi connectivity index (χ1v) is 9.19. The summed E-state index contributed by atoms with van der Waals surface area (Å²) in [6.45, 7) is 5.31. The van der Waals surface area contributed by atoms with Gasteiger partial charge in [-0.1, -0.05) is 77.7 Å². The van der Waals surface area contributed by atoms with E-state index in [1.165, 1.54) is 27.5 Å². The van der Waals surface area contributed by atoms with Crippen LogP contribution < -0.4 is 24.8 Å². The molecule has 0 spiro atoms. The molecule has 0 bridgehead atoms. The first-order valence-electron chi connectivity index (χ1n) is 9.19. The molecule has 0 radical (unpaired) electrons. The second kappa shape index (κ2) is 13.6. The van der Waals surface area contributed by atoms with Gasteiger partial charge in [-0.15, -0.1) is 28.8 Å². The Morgan fingerprint density at radius 2 is 1.53 bits per heavy atom. The molecule has 0 heterocycles. The Labute approximate surface area is 207 Å². The number of nitrogens with zero attached hydrogens (tertiary/aromatic N) is 1. The summed E-state index contributed by atoms with van der Waals surface area (Å²) in [7, 11) is 4.21. The minimum absolute atomic E-state index is 0. The summed E-state index contributed by atoms with van der Waals surface area (Å²) in [6, 6.07) is 22.0. The van der Waals surface area contributed by atoms with Gasteiger partial charge < -0.3 is 35.4 Å². The minimum atomic E-state index is 0. The van der Waals surface area contributed by atoms with Gasteiger partial charge in [0.15, 0.2) is 0 Å². The van der Waals surface area contributed by atoms with Crippen molar-refractivity contribution >= 4 is 22.0 Å². The number of nitrogens with one attached hydrogen (secondary N) is 1. The molecule has 5 heteroatoms. The first-order chi connectivity index (χ1) is 13.0. The van der Waals surface area contributed by atoms with Gasteiger partial charge in [-0.05, 0) is 26.1 Å². The zero-order valence-corrected chi connectivity index (χ0v) is 20.4. The van der Waals surface area contributed by atoms with Crippen molar-refractivity contribution < 1.29 is 46.5 Å². The van der Waals surface area contributed by atoms with Crippen LogP contribution in [0.5, 0.6) is 0 Å².